The second-order valence-electron chi connectivity index (χ2n) is 10.3. The molecule has 1 fully saturated rings. The molecule has 2 N–H and O–H groups in total. The maximum Gasteiger partial charge on any atom is 0.303 e. The number of aliphatic carboxylic acids is 1. The van der Waals surface area contributed by atoms with Crippen LogP contribution in [0, 0.1) is 28.7 Å². The number of fused-ring (bicyclic) bond motifs is 1. The third kappa shape index (κ3) is 6.86. The highest BCUT2D eigenvalue weighted by Gasteiger charge is 2.37. The number of ether oxygens (including phenoxy) is 1. The van der Waals surface area contributed by atoms with Crippen molar-refractivity contribution in [1.82, 2.24) is 9.88 Å². The predicted octanol–water partition coefficient (Wildman–Crippen LogP) is 5.80. The number of hydrogen-bond acceptors (Lipinski definition) is 5. The molecule has 6 nitrogen and oxygen atoms in total. The number of carboxylic acid groups (broad SMARTS) is 1. The molecule has 3 aromatic rings. The Morgan fingerprint density at radius 3 is 2.44 bits per heavy atom. The van der Waals surface area contributed by atoms with E-state index in [1.807, 2.05) is 0 Å². The summed E-state index contributed by atoms with van der Waals surface area (Å²) in [7, 11) is 1.49. The summed E-state index contributed by atoms with van der Waals surface area (Å²) in [4.78, 5) is 17.9. The van der Waals surface area contributed by atoms with E-state index in [2.05, 4.69) is 9.88 Å². The molecule has 0 amide bonds. The van der Waals surface area contributed by atoms with Crippen molar-refractivity contribution in [2.24, 2.45) is 5.41 Å². The summed E-state index contributed by atoms with van der Waals surface area (Å²) in [5.41, 5.74) is -0.0893. The van der Waals surface area contributed by atoms with E-state index in [1.54, 1.807) is 18.2 Å². The number of aliphatic hydroxyl groups is 1. The molecule has 1 saturated heterocycles. The van der Waals surface area contributed by atoms with E-state index in [4.69, 9.17) is 4.74 Å². The standard InChI is InChI=1S/C29H32F4N2O4/c1-39-19-4-5-25-21(15-19)28(24(33)17-34-25)26(36)6-7-29(16-27(37)38)8-11-35(12-9-29)10-2-3-20-22(31)13-18(30)14-23(20)32/h4-5,13-15,17,26,36H,2-3,6-12,16H2,1H3,(H,37,38)/t26-/m1/s1. The molecule has 0 spiro atoms. The molecule has 1 atom stereocenters. The smallest absolute Gasteiger partial charge is 0.303 e. The monoisotopic (exact) mass is 548 g/mol. The number of aromatic nitrogens is 1. The molecule has 4 rings (SSSR count). The first-order valence-electron chi connectivity index (χ1n) is 13.0. The summed E-state index contributed by atoms with van der Waals surface area (Å²) in [6.07, 6.45) is 2.08. The number of pyridine rings is 1. The number of nitrogens with zero attached hydrogens (tertiary/aromatic N) is 2. The molecule has 1 aromatic heterocycles. The molecule has 39 heavy (non-hydrogen) atoms. The van der Waals surface area contributed by atoms with Gasteiger partial charge in [-0.2, -0.15) is 0 Å². The van der Waals surface area contributed by atoms with Crippen molar-refractivity contribution >= 4 is 16.9 Å². The minimum atomic E-state index is -1.16. The van der Waals surface area contributed by atoms with Crippen LogP contribution in [-0.4, -0.2) is 52.8 Å². The quantitative estimate of drug-likeness (QED) is 0.295. The Labute approximate surface area is 224 Å². The van der Waals surface area contributed by atoms with Crippen LogP contribution in [0.4, 0.5) is 17.6 Å². The summed E-state index contributed by atoms with van der Waals surface area (Å²) >= 11 is 0. The van der Waals surface area contributed by atoms with E-state index < -0.39 is 40.8 Å². The van der Waals surface area contributed by atoms with Gasteiger partial charge in [-0.3, -0.25) is 9.78 Å². The van der Waals surface area contributed by atoms with Gasteiger partial charge in [0.25, 0.3) is 0 Å². The molecule has 0 aliphatic carbocycles. The molecule has 0 bridgehead atoms. The van der Waals surface area contributed by atoms with Crippen molar-refractivity contribution in [2.75, 3.05) is 26.7 Å². The summed E-state index contributed by atoms with van der Waals surface area (Å²) < 4.78 is 61.0. The van der Waals surface area contributed by atoms with Crippen LogP contribution in [0.1, 0.15) is 55.8 Å². The molecule has 2 heterocycles. The van der Waals surface area contributed by atoms with E-state index in [0.29, 0.717) is 74.1 Å². The SMILES string of the molecule is COc1ccc2ncc(F)c([C@H](O)CCC3(CC(=O)O)CCN(CCCc4c(F)cc(F)cc4F)CC3)c2c1. The number of benzene rings is 2. The first-order chi connectivity index (χ1) is 18.6. The molecule has 1 aliphatic rings. The molecule has 10 heteroatoms. The third-order valence-corrected chi connectivity index (χ3v) is 7.80. The zero-order chi connectivity index (χ0) is 28.2. The average Bonchev–Trinajstić information content (AvgIpc) is 2.89. The van der Waals surface area contributed by atoms with Gasteiger partial charge < -0.3 is 19.8 Å². The van der Waals surface area contributed by atoms with Crippen molar-refractivity contribution in [3.63, 3.8) is 0 Å². The number of piperidine rings is 1. The van der Waals surface area contributed by atoms with Gasteiger partial charge in [0.2, 0.25) is 0 Å². The Morgan fingerprint density at radius 1 is 1.10 bits per heavy atom. The van der Waals surface area contributed by atoms with E-state index in [-0.39, 0.29) is 30.4 Å². The van der Waals surface area contributed by atoms with Gasteiger partial charge in [0, 0.05) is 28.6 Å². The second kappa shape index (κ2) is 12.3. The topological polar surface area (TPSA) is 82.9 Å². The predicted molar refractivity (Wildman–Crippen MR) is 137 cm³/mol. The molecule has 210 valence electrons. The van der Waals surface area contributed by atoms with Crippen LogP contribution in [0.5, 0.6) is 5.75 Å². The highest BCUT2D eigenvalue weighted by atomic mass is 19.1. The molecule has 2 aromatic carbocycles. The number of rotatable bonds is 11. The van der Waals surface area contributed by atoms with Crippen LogP contribution in [0.2, 0.25) is 0 Å². The van der Waals surface area contributed by atoms with Crippen molar-refractivity contribution in [1.29, 1.82) is 0 Å². The molecular formula is C29H32F4N2O4. The highest BCUT2D eigenvalue weighted by Crippen LogP contribution is 2.42. The molecular weight excluding hydrogens is 516 g/mol. The zero-order valence-electron chi connectivity index (χ0n) is 21.7. The number of likely N-dealkylation sites (tertiary alicyclic amines) is 1. The van der Waals surface area contributed by atoms with Crippen molar-refractivity contribution in [2.45, 2.75) is 51.0 Å². The lowest BCUT2D eigenvalue weighted by Gasteiger charge is -2.41. The van der Waals surface area contributed by atoms with Gasteiger partial charge in [-0.25, -0.2) is 17.6 Å². The number of aliphatic hydroxyl groups excluding tert-OH is 1. The van der Waals surface area contributed by atoms with Crippen LogP contribution >= 0.6 is 0 Å². The number of hydrogen-bond donors (Lipinski definition) is 2. The van der Waals surface area contributed by atoms with Crippen LogP contribution in [0.3, 0.4) is 0 Å². The van der Waals surface area contributed by atoms with E-state index in [0.717, 1.165) is 6.20 Å². The lowest BCUT2D eigenvalue weighted by Crippen LogP contribution is -2.41. The fraction of sp³-hybridized carbons (Fsp3) is 0.448. The van der Waals surface area contributed by atoms with E-state index in [9.17, 15) is 32.6 Å². The minimum absolute atomic E-state index is 0.0764. The van der Waals surface area contributed by atoms with Gasteiger partial charge in [-0.15, -0.1) is 0 Å². The van der Waals surface area contributed by atoms with Crippen molar-refractivity contribution < 1.29 is 37.3 Å². The zero-order valence-corrected chi connectivity index (χ0v) is 21.7. The number of carboxylic acids is 1. The average molecular weight is 549 g/mol. The summed E-state index contributed by atoms with van der Waals surface area (Å²) in [5, 5.41) is 21.1. The van der Waals surface area contributed by atoms with Crippen molar-refractivity contribution in [3.05, 3.63) is 70.9 Å². The summed E-state index contributed by atoms with van der Waals surface area (Å²) in [5.74, 6) is -3.83. The Bertz CT molecular complexity index is 1310. The van der Waals surface area contributed by atoms with Gasteiger partial charge in [0.1, 0.15) is 29.0 Å². The Hall–Kier alpha value is -3.24. The Balaban J connectivity index is 1.39. The fourth-order valence-electron chi connectivity index (χ4n) is 5.60. The van der Waals surface area contributed by atoms with Gasteiger partial charge in [-0.1, -0.05) is 0 Å². The summed E-state index contributed by atoms with van der Waals surface area (Å²) in [6.45, 7) is 1.72. The first-order valence-corrected chi connectivity index (χ1v) is 13.0. The van der Waals surface area contributed by atoms with Crippen LogP contribution in [0.25, 0.3) is 10.9 Å². The Morgan fingerprint density at radius 2 is 1.79 bits per heavy atom. The lowest BCUT2D eigenvalue weighted by atomic mass is 9.71. The maximum absolute atomic E-state index is 14.8. The van der Waals surface area contributed by atoms with Gasteiger partial charge >= 0.3 is 5.97 Å². The van der Waals surface area contributed by atoms with E-state index in [1.165, 1.54) is 7.11 Å². The maximum atomic E-state index is 14.8. The van der Waals surface area contributed by atoms with Crippen LogP contribution in [-0.2, 0) is 11.2 Å². The number of methoxy groups -OCH3 is 1. The molecule has 0 unspecified atom stereocenters. The third-order valence-electron chi connectivity index (χ3n) is 7.80. The van der Waals surface area contributed by atoms with Crippen molar-refractivity contribution in [3.8, 4) is 5.75 Å². The largest absolute Gasteiger partial charge is 0.497 e. The van der Waals surface area contributed by atoms with Crippen LogP contribution in [0.15, 0.2) is 36.5 Å². The fourth-order valence-corrected chi connectivity index (χ4v) is 5.60. The van der Waals surface area contributed by atoms with E-state index >= 15 is 0 Å². The van der Waals surface area contributed by atoms with Gasteiger partial charge in [0.05, 0.1) is 31.3 Å². The number of halogens is 4. The highest BCUT2D eigenvalue weighted by molar-refractivity contribution is 5.84. The summed E-state index contributed by atoms with van der Waals surface area (Å²) in [6, 6.07) is 6.35. The van der Waals surface area contributed by atoms with Gasteiger partial charge in [-0.05, 0) is 81.8 Å². The molecule has 0 saturated carbocycles. The normalized spacial score (nSPS) is 16.4. The second-order valence-corrected chi connectivity index (χ2v) is 10.3. The van der Waals surface area contributed by atoms with Crippen LogP contribution < -0.4 is 4.74 Å². The minimum Gasteiger partial charge on any atom is -0.497 e. The molecule has 0 radical (unpaired) electrons. The lowest BCUT2D eigenvalue weighted by molar-refractivity contribution is -0.141. The Kier molecular flexibility index (Phi) is 9.07. The number of carbonyl (C=O) groups is 1. The molecule has 1 aliphatic heterocycles. The van der Waals surface area contributed by atoms with Gasteiger partial charge in [0.15, 0.2) is 0 Å². The first kappa shape index (κ1) is 28.8.